The highest BCUT2D eigenvalue weighted by Gasteiger charge is 2.39. The number of benzene rings is 4. The van der Waals surface area contributed by atoms with Crippen molar-refractivity contribution in [1.82, 2.24) is 4.57 Å². The zero-order chi connectivity index (χ0) is 20.4. The molecule has 0 aliphatic heterocycles. The fraction of sp³-hybridized carbons (Fsp3) is 0.0357. The maximum Gasteiger partial charge on any atom is 0.152 e. The average Bonchev–Trinajstić information content (AvgIpc) is 3.21. The van der Waals surface area contributed by atoms with Gasteiger partial charge in [0.05, 0.1) is 5.52 Å². The maximum atomic E-state index is 12.0. The van der Waals surface area contributed by atoms with Crippen molar-refractivity contribution in [2.75, 3.05) is 0 Å². The SMILES string of the molecule is O=Cc1cn(C(c2ccccc2)(c2ccccc2)c2ccccc2)c2ccccc12. The first-order valence-electron chi connectivity index (χ1n) is 10.1. The van der Waals surface area contributed by atoms with Gasteiger partial charge in [-0.25, -0.2) is 0 Å². The molecule has 0 spiro atoms. The van der Waals surface area contributed by atoms with Gasteiger partial charge in [0, 0.05) is 17.1 Å². The average molecular weight is 387 g/mol. The van der Waals surface area contributed by atoms with Crippen molar-refractivity contribution in [2.24, 2.45) is 0 Å². The van der Waals surface area contributed by atoms with Gasteiger partial charge in [-0.2, -0.15) is 0 Å². The number of fused-ring (bicyclic) bond motifs is 1. The second kappa shape index (κ2) is 7.49. The van der Waals surface area contributed by atoms with Crippen LogP contribution < -0.4 is 0 Å². The number of hydrogen-bond donors (Lipinski definition) is 0. The van der Waals surface area contributed by atoms with Crippen molar-refractivity contribution < 1.29 is 4.79 Å². The highest BCUT2D eigenvalue weighted by molar-refractivity contribution is 5.98. The highest BCUT2D eigenvalue weighted by Crippen LogP contribution is 2.43. The minimum atomic E-state index is -0.620. The number of aromatic nitrogens is 1. The molecule has 5 rings (SSSR count). The van der Waals surface area contributed by atoms with Crippen LogP contribution in [-0.2, 0) is 5.54 Å². The Labute approximate surface area is 176 Å². The van der Waals surface area contributed by atoms with E-state index in [1.807, 2.05) is 42.6 Å². The minimum Gasteiger partial charge on any atom is -0.328 e. The van der Waals surface area contributed by atoms with Gasteiger partial charge in [-0.3, -0.25) is 4.79 Å². The molecule has 0 aliphatic carbocycles. The van der Waals surface area contributed by atoms with Gasteiger partial charge in [-0.05, 0) is 22.8 Å². The van der Waals surface area contributed by atoms with Crippen LogP contribution in [0.4, 0.5) is 0 Å². The van der Waals surface area contributed by atoms with Crippen LogP contribution in [-0.4, -0.2) is 10.9 Å². The summed E-state index contributed by atoms with van der Waals surface area (Å²) in [5, 5.41) is 0.958. The topological polar surface area (TPSA) is 22.0 Å². The third-order valence-corrected chi connectivity index (χ3v) is 5.81. The van der Waals surface area contributed by atoms with Crippen molar-refractivity contribution in [2.45, 2.75) is 5.54 Å². The van der Waals surface area contributed by atoms with Crippen molar-refractivity contribution >= 4 is 17.2 Å². The Balaban J connectivity index is 2.00. The van der Waals surface area contributed by atoms with E-state index in [1.165, 1.54) is 0 Å². The van der Waals surface area contributed by atoms with E-state index in [2.05, 4.69) is 83.4 Å². The number of carbonyl (C=O) groups excluding carboxylic acids is 1. The van der Waals surface area contributed by atoms with E-state index in [0.717, 1.165) is 33.9 Å². The molecule has 30 heavy (non-hydrogen) atoms. The third kappa shape index (κ3) is 2.69. The van der Waals surface area contributed by atoms with E-state index in [0.29, 0.717) is 5.56 Å². The Morgan fingerprint density at radius 1 is 0.567 bits per heavy atom. The molecular formula is C28H21NO. The van der Waals surface area contributed by atoms with Gasteiger partial charge in [-0.1, -0.05) is 109 Å². The fourth-order valence-corrected chi connectivity index (χ4v) is 4.53. The van der Waals surface area contributed by atoms with Crippen LogP contribution in [0.15, 0.2) is 121 Å². The summed E-state index contributed by atoms with van der Waals surface area (Å²) in [7, 11) is 0. The summed E-state index contributed by atoms with van der Waals surface area (Å²) in [4.78, 5) is 12.0. The van der Waals surface area contributed by atoms with E-state index in [-0.39, 0.29) is 0 Å². The predicted octanol–water partition coefficient (Wildman–Crippen LogP) is 6.29. The van der Waals surface area contributed by atoms with Gasteiger partial charge in [0.15, 0.2) is 6.29 Å². The van der Waals surface area contributed by atoms with E-state index in [9.17, 15) is 4.79 Å². The molecule has 5 aromatic rings. The molecule has 0 unspecified atom stereocenters. The summed E-state index contributed by atoms with van der Waals surface area (Å²) in [5.74, 6) is 0. The summed E-state index contributed by atoms with van der Waals surface area (Å²) in [5.41, 5.74) is 4.51. The van der Waals surface area contributed by atoms with Crippen LogP contribution in [0.25, 0.3) is 10.9 Å². The van der Waals surface area contributed by atoms with Crippen LogP contribution in [0.1, 0.15) is 27.0 Å². The van der Waals surface area contributed by atoms with Gasteiger partial charge < -0.3 is 4.57 Å². The number of aldehydes is 1. The van der Waals surface area contributed by atoms with E-state index in [4.69, 9.17) is 0 Å². The molecule has 0 fully saturated rings. The Morgan fingerprint density at radius 2 is 1.00 bits per heavy atom. The Bertz CT molecular complexity index is 1190. The van der Waals surface area contributed by atoms with Gasteiger partial charge in [0.25, 0.3) is 0 Å². The quantitative estimate of drug-likeness (QED) is 0.256. The standard InChI is InChI=1S/C28H21NO/c30-21-22-20-29(27-19-11-10-18-26(22)27)28(23-12-4-1-5-13-23,24-14-6-2-7-15-24)25-16-8-3-9-17-25/h1-21H. The lowest BCUT2D eigenvalue weighted by Gasteiger charge is -2.38. The lowest BCUT2D eigenvalue weighted by molar-refractivity contribution is 0.112. The lowest BCUT2D eigenvalue weighted by atomic mass is 9.76. The van der Waals surface area contributed by atoms with Crippen molar-refractivity contribution in [3.05, 3.63) is 144 Å². The minimum absolute atomic E-state index is 0.620. The smallest absolute Gasteiger partial charge is 0.152 e. The van der Waals surface area contributed by atoms with Crippen LogP contribution in [0.3, 0.4) is 0 Å². The molecule has 1 heterocycles. The normalized spacial score (nSPS) is 11.5. The zero-order valence-electron chi connectivity index (χ0n) is 16.5. The Hall–Kier alpha value is -3.91. The van der Waals surface area contributed by atoms with Crippen LogP contribution in [0.5, 0.6) is 0 Å². The molecule has 2 heteroatoms. The van der Waals surface area contributed by atoms with Crippen molar-refractivity contribution in [3.8, 4) is 0 Å². The summed E-state index contributed by atoms with van der Waals surface area (Å²) < 4.78 is 2.26. The van der Waals surface area contributed by atoms with Gasteiger partial charge in [0.2, 0.25) is 0 Å². The van der Waals surface area contributed by atoms with E-state index in [1.54, 1.807) is 0 Å². The van der Waals surface area contributed by atoms with Crippen molar-refractivity contribution in [3.63, 3.8) is 0 Å². The molecular weight excluding hydrogens is 366 g/mol. The summed E-state index contributed by atoms with van der Waals surface area (Å²) in [6.45, 7) is 0. The third-order valence-electron chi connectivity index (χ3n) is 5.81. The maximum absolute atomic E-state index is 12.0. The van der Waals surface area contributed by atoms with Crippen LogP contribution in [0, 0.1) is 0 Å². The molecule has 0 aliphatic rings. The van der Waals surface area contributed by atoms with Crippen LogP contribution >= 0.6 is 0 Å². The second-order valence-corrected chi connectivity index (χ2v) is 7.40. The highest BCUT2D eigenvalue weighted by atomic mass is 16.1. The first kappa shape index (κ1) is 18.1. The molecule has 0 saturated heterocycles. The van der Waals surface area contributed by atoms with E-state index < -0.39 is 5.54 Å². The molecule has 0 bridgehead atoms. The summed E-state index contributed by atoms with van der Waals surface area (Å²) in [6, 6.07) is 39.6. The fourth-order valence-electron chi connectivity index (χ4n) is 4.53. The number of carbonyl (C=O) groups is 1. The largest absolute Gasteiger partial charge is 0.328 e. The number of nitrogens with zero attached hydrogens (tertiary/aromatic N) is 1. The predicted molar refractivity (Wildman–Crippen MR) is 122 cm³/mol. The van der Waals surface area contributed by atoms with Gasteiger partial charge in [0.1, 0.15) is 5.54 Å². The zero-order valence-corrected chi connectivity index (χ0v) is 16.5. The van der Waals surface area contributed by atoms with Gasteiger partial charge >= 0.3 is 0 Å². The molecule has 0 atom stereocenters. The summed E-state index contributed by atoms with van der Waals surface area (Å²) in [6.07, 6.45) is 2.94. The molecule has 0 amide bonds. The summed E-state index contributed by atoms with van der Waals surface area (Å²) >= 11 is 0. The van der Waals surface area contributed by atoms with Crippen molar-refractivity contribution in [1.29, 1.82) is 0 Å². The Kier molecular flexibility index (Phi) is 4.53. The molecule has 0 N–H and O–H groups in total. The molecule has 144 valence electrons. The second-order valence-electron chi connectivity index (χ2n) is 7.40. The first-order chi connectivity index (χ1) is 14.9. The van der Waals surface area contributed by atoms with E-state index >= 15 is 0 Å². The molecule has 4 aromatic carbocycles. The monoisotopic (exact) mass is 387 g/mol. The lowest BCUT2D eigenvalue weighted by Crippen LogP contribution is -2.37. The number of rotatable bonds is 5. The molecule has 0 radical (unpaired) electrons. The number of hydrogen-bond acceptors (Lipinski definition) is 1. The van der Waals surface area contributed by atoms with Gasteiger partial charge in [-0.15, -0.1) is 0 Å². The molecule has 1 aromatic heterocycles. The molecule has 2 nitrogen and oxygen atoms in total. The number of para-hydroxylation sites is 1. The van der Waals surface area contributed by atoms with Crippen LogP contribution in [0.2, 0.25) is 0 Å². The Morgan fingerprint density at radius 3 is 1.47 bits per heavy atom. The first-order valence-corrected chi connectivity index (χ1v) is 10.1. The molecule has 0 saturated carbocycles.